The average Bonchev–Trinajstić information content (AvgIpc) is 2.54. The van der Waals surface area contributed by atoms with Crippen LogP contribution in [0.15, 0.2) is 34.9 Å². The van der Waals surface area contributed by atoms with E-state index in [2.05, 4.69) is 58.2 Å². The predicted octanol–water partition coefficient (Wildman–Crippen LogP) is 6.06. The van der Waals surface area contributed by atoms with Crippen molar-refractivity contribution < 1.29 is 9.90 Å². The number of carbonyl (C=O) groups is 1. The minimum atomic E-state index is -0.713. The lowest BCUT2D eigenvalue weighted by molar-refractivity contribution is -0.124. The SMILES string of the molecule is CCC(O)NC(=O)CC(C)CC/C=C(\C)CC/C=C(\C)CCC=C(C)C. The van der Waals surface area contributed by atoms with E-state index in [-0.39, 0.29) is 5.91 Å². The van der Waals surface area contributed by atoms with Gasteiger partial charge in [-0.15, -0.1) is 0 Å². The van der Waals surface area contributed by atoms with Crippen LogP contribution in [-0.2, 0) is 4.79 Å². The molecule has 3 heteroatoms. The Balaban J connectivity index is 3.99. The third kappa shape index (κ3) is 14.9. The van der Waals surface area contributed by atoms with Gasteiger partial charge in [0.25, 0.3) is 0 Å². The Hall–Kier alpha value is -1.35. The van der Waals surface area contributed by atoms with E-state index >= 15 is 0 Å². The van der Waals surface area contributed by atoms with Gasteiger partial charge in [0.2, 0.25) is 5.91 Å². The van der Waals surface area contributed by atoms with Gasteiger partial charge in [0.1, 0.15) is 6.23 Å². The van der Waals surface area contributed by atoms with Gasteiger partial charge in [0.05, 0.1) is 0 Å². The van der Waals surface area contributed by atoms with Crippen molar-refractivity contribution in [3.05, 3.63) is 34.9 Å². The topological polar surface area (TPSA) is 49.3 Å². The molecule has 1 amide bonds. The standard InChI is InChI=1S/C23H41NO2/c1-7-22(25)24-23(26)17-21(6)16-10-15-20(5)14-9-13-19(4)12-8-11-18(2)3/h11,13,15,21-22,25H,7-10,12,14,16-17H2,1-6H3,(H,24,26)/b19-13+,20-15+. The van der Waals surface area contributed by atoms with Crippen molar-refractivity contribution in [3.8, 4) is 0 Å². The minimum absolute atomic E-state index is 0.0544. The molecule has 3 nitrogen and oxygen atoms in total. The highest BCUT2D eigenvalue weighted by Gasteiger charge is 2.11. The molecule has 0 bridgehead atoms. The van der Waals surface area contributed by atoms with Gasteiger partial charge in [-0.1, -0.05) is 48.8 Å². The fourth-order valence-corrected chi connectivity index (χ4v) is 2.72. The first kappa shape index (κ1) is 24.7. The summed E-state index contributed by atoms with van der Waals surface area (Å²) >= 11 is 0. The molecule has 2 N–H and O–H groups in total. The zero-order chi connectivity index (χ0) is 19.9. The van der Waals surface area contributed by atoms with Gasteiger partial charge < -0.3 is 10.4 Å². The first-order valence-electron chi connectivity index (χ1n) is 10.2. The number of hydrogen-bond acceptors (Lipinski definition) is 2. The third-order valence-electron chi connectivity index (χ3n) is 4.52. The van der Waals surface area contributed by atoms with Crippen LogP contribution in [0.3, 0.4) is 0 Å². The number of nitrogens with one attached hydrogen (secondary N) is 1. The molecule has 150 valence electrons. The van der Waals surface area contributed by atoms with Gasteiger partial charge in [-0.2, -0.15) is 0 Å². The zero-order valence-corrected chi connectivity index (χ0v) is 17.9. The third-order valence-corrected chi connectivity index (χ3v) is 4.52. The maximum Gasteiger partial charge on any atom is 0.222 e. The Morgan fingerprint density at radius 1 is 0.962 bits per heavy atom. The number of rotatable bonds is 13. The van der Waals surface area contributed by atoms with Crippen molar-refractivity contribution in [2.24, 2.45) is 5.92 Å². The second kappa shape index (κ2) is 14.8. The zero-order valence-electron chi connectivity index (χ0n) is 17.9. The van der Waals surface area contributed by atoms with Crippen molar-refractivity contribution in [1.29, 1.82) is 0 Å². The smallest absolute Gasteiger partial charge is 0.222 e. The van der Waals surface area contributed by atoms with E-state index in [1.165, 1.54) is 16.7 Å². The summed E-state index contributed by atoms with van der Waals surface area (Å²) in [5, 5.41) is 12.0. The minimum Gasteiger partial charge on any atom is -0.374 e. The van der Waals surface area contributed by atoms with E-state index in [0.29, 0.717) is 18.8 Å². The van der Waals surface area contributed by atoms with Crippen molar-refractivity contribution in [2.75, 3.05) is 0 Å². The molecule has 0 rings (SSSR count). The Morgan fingerprint density at radius 3 is 2.04 bits per heavy atom. The summed E-state index contributed by atoms with van der Waals surface area (Å²) < 4.78 is 0. The molecule has 0 aromatic rings. The van der Waals surface area contributed by atoms with E-state index in [1.54, 1.807) is 0 Å². The van der Waals surface area contributed by atoms with Crippen molar-refractivity contribution in [3.63, 3.8) is 0 Å². The van der Waals surface area contributed by atoms with E-state index in [0.717, 1.165) is 38.5 Å². The predicted molar refractivity (Wildman–Crippen MR) is 113 cm³/mol. The summed E-state index contributed by atoms with van der Waals surface area (Å²) in [6.07, 6.45) is 13.8. The fourth-order valence-electron chi connectivity index (χ4n) is 2.72. The van der Waals surface area contributed by atoms with E-state index in [4.69, 9.17) is 0 Å². The molecule has 0 spiro atoms. The summed E-state index contributed by atoms with van der Waals surface area (Å²) in [5.74, 6) is 0.279. The van der Waals surface area contributed by atoms with Crippen LogP contribution in [-0.4, -0.2) is 17.2 Å². The highest BCUT2D eigenvalue weighted by atomic mass is 16.3. The van der Waals surface area contributed by atoms with Crippen LogP contribution in [0.4, 0.5) is 0 Å². The lowest BCUT2D eigenvalue weighted by Gasteiger charge is -2.13. The highest BCUT2D eigenvalue weighted by molar-refractivity contribution is 5.76. The fraction of sp³-hybridized carbons (Fsp3) is 0.696. The normalized spacial score (nSPS) is 14.7. The maximum atomic E-state index is 11.7. The van der Waals surface area contributed by atoms with Crippen LogP contribution in [0.25, 0.3) is 0 Å². The van der Waals surface area contributed by atoms with Crippen molar-refractivity contribution in [2.45, 2.75) is 99.1 Å². The molecule has 26 heavy (non-hydrogen) atoms. The highest BCUT2D eigenvalue weighted by Crippen LogP contribution is 2.15. The number of aliphatic hydroxyl groups excluding tert-OH is 1. The summed E-state index contributed by atoms with van der Waals surface area (Å²) in [5.41, 5.74) is 4.30. The molecular weight excluding hydrogens is 322 g/mol. The lowest BCUT2D eigenvalue weighted by atomic mass is 9.99. The molecule has 0 aromatic heterocycles. The molecule has 2 unspecified atom stereocenters. The van der Waals surface area contributed by atoms with Gasteiger partial charge in [-0.3, -0.25) is 4.79 Å². The summed E-state index contributed by atoms with van der Waals surface area (Å²) in [7, 11) is 0. The Morgan fingerprint density at radius 2 is 1.50 bits per heavy atom. The van der Waals surface area contributed by atoms with Crippen LogP contribution in [0.1, 0.15) is 92.9 Å². The number of aliphatic hydroxyl groups is 1. The van der Waals surface area contributed by atoms with Crippen LogP contribution in [0.2, 0.25) is 0 Å². The Bertz CT molecular complexity index is 484. The molecule has 0 heterocycles. The number of hydrogen-bond donors (Lipinski definition) is 2. The van der Waals surface area contributed by atoms with E-state index < -0.39 is 6.23 Å². The van der Waals surface area contributed by atoms with E-state index in [1.807, 2.05) is 6.92 Å². The monoisotopic (exact) mass is 363 g/mol. The number of allylic oxidation sites excluding steroid dienone is 6. The van der Waals surface area contributed by atoms with Gasteiger partial charge in [-0.25, -0.2) is 0 Å². The molecule has 0 saturated carbocycles. The van der Waals surface area contributed by atoms with Crippen molar-refractivity contribution >= 4 is 5.91 Å². The quantitative estimate of drug-likeness (QED) is 0.309. The molecule has 0 aliphatic carbocycles. The first-order chi connectivity index (χ1) is 12.2. The second-order valence-electron chi connectivity index (χ2n) is 7.84. The van der Waals surface area contributed by atoms with Gasteiger partial charge >= 0.3 is 0 Å². The lowest BCUT2D eigenvalue weighted by Crippen LogP contribution is -2.34. The number of carbonyl (C=O) groups excluding carboxylic acids is 1. The van der Waals surface area contributed by atoms with Crippen LogP contribution in [0.5, 0.6) is 0 Å². The molecule has 0 aromatic carbocycles. The van der Waals surface area contributed by atoms with Crippen molar-refractivity contribution in [1.82, 2.24) is 5.32 Å². The molecule has 0 aliphatic rings. The largest absolute Gasteiger partial charge is 0.374 e. The second-order valence-corrected chi connectivity index (χ2v) is 7.84. The molecule has 2 atom stereocenters. The molecular formula is C23H41NO2. The summed E-state index contributed by atoms with van der Waals surface area (Å²) in [6, 6.07) is 0. The molecule has 0 fully saturated rings. The van der Waals surface area contributed by atoms with Gasteiger partial charge in [-0.05, 0) is 78.6 Å². The van der Waals surface area contributed by atoms with Crippen LogP contribution in [0, 0.1) is 5.92 Å². The van der Waals surface area contributed by atoms with Gasteiger partial charge in [0.15, 0.2) is 0 Å². The molecule has 0 saturated heterocycles. The summed E-state index contributed by atoms with van der Waals surface area (Å²) in [4.78, 5) is 11.7. The van der Waals surface area contributed by atoms with E-state index in [9.17, 15) is 9.90 Å². The maximum absolute atomic E-state index is 11.7. The number of amides is 1. The van der Waals surface area contributed by atoms with Crippen LogP contribution < -0.4 is 5.32 Å². The Kier molecular flexibility index (Phi) is 14.0. The van der Waals surface area contributed by atoms with Crippen LogP contribution >= 0.6 is 0 Å². The van der Waals surface area contributed by atoms with Gasteiger partial charge in [0, 0.05) is 6.42 Å². The Labute approximate surface area is 161 Å². The summed E-state index contributed by atoms with van der Waals surface area (Å²) in [6.45, 7) is 12.7. The molecule has 0 radical (unpaired) electrons. The average molecular weight is 364 g/mol. The first-order valence-corrected chi connectivity index (χ1v) is 10.2. The molecule has 0 aliphatic heterocycles.